The highest BCUT2D eigenvalue weighted by Crippen LogP contribution is 2.29. The molecule has 0 radical (unpaired) electrons. The summed E-state index contributed by atoms with van der Waals surface area (Å²) in [6.45, 7) is 3.83. The number of aromatic nitrogens is 1. The molecule has 0 bridgehead atoms. The minimum absolute atomic E-state index is 0.271. The molecule has 0 fully saturated rings. The third-order valence-corrected chi connectivity index (χ3v) is 3.15. The van der Waals surface area contributed by atoms with E-state index in [0.29, 0.717) is 22.2 Å². The van der Waals surface area contributed by atoms with Crippen LogP contribution in [-0.2, 0) is 0 Å². The van der Waals surface area contributed by atoms with Gasteiger partial charge in [-0.2, -0.15) is 0 Å². The molecule has 0 unspecified atom stereocenters. The van der Waals surface area contributed by atoms with Gasteiger partial charge in [-0.3, -0.25) is 0 Å². The molecular weight excluding hydrogens is 280 g/mol. The highest BCUT2D eigenvalue weighted by atomic mass is 35.5. The first-order valence-electron chi connectivity index (χ1n) is 5.68. The van der Waals surface area contributed by atoms with Crippen LogP contribution in [0.25, 0.3) is 0 Å². The second-order valence-electron chi connectivity index (χ2n) is 4.18. The Morgan fingerprint density at radius 1 is 1.26 bits per heavy atom. The fraction of sp³-hybridized carbons (Fsp3) is 0.143. The number of nitrogens with two attached hydrogens (primary N) is 1. The number of nitrogens with zero attached hydrogens (tertiary/aromatic N) is 1. The Balaban J connectivity index is 2.44. The van der Waals surface area contributed by atoms with Gasteiger partial charge < -0.3 is 10.5 Å². The van der Waals surface area contributed by atoms with Crippen molar-refractivity contribution in [3.8, 4) is 11.6 Å². The van der Waals surface area contributed by atoms with Gasteiger partial charge in [0, 0.05) is 11.2 Å². The minimum atomic E-state index is 0.271. The lowest BCUT2D eigenvalue weighted by Crippen LogP contribution is -2.13. The third kappa shape index (κ3) is 3.03. The van der Waals surface area contributed by atoms with Crippen LogP contribution >= 0.6 is 23.8 Å². The van der Waals surface area contributed by atoms with E-state index in [-0.39, 0.29) is 4.99 Å². The van der Waals surface area contributed by atoms with Gasteiger partial charge in [-0.05, 0) is 49.2 Å². The van der Waals surface area contributed by atoms with E-state index < -0.39 is 0 Å². The van der Waals surface area contributed by atoms with E-state index in [1.807, 2.05) is 26.0 Å². The Morgan fingerprint density at radius 2 is 2.00 bits per heavy atom. The van der Waals surface area contributed by atoms with E-state index in [1.54, 1.807) is 18.3 Å². The van der Waals surface area contributed by atoms with Gasteiger partial charge in [0.1, 0.15) is 10.7 Å². The molecule has 19 heavy (non-hydrogen) atoms. The number of benzene rings is 1. The number of aryl methyl sites for hydroxylation is 2. The van der Waals surface area contributed by atoms with Gasteiger partial charge in [-0.1, -0.05) is 23.8 Å². The monoisotopic (exact) mass is 292 g/mol. The van der Waals surface area contributed by atoms with Crippen molar-refractivity contribution in [1.29, 1.82) is 0 Å². The minimum Gasteiger partial charge on any atom is -0.438 e. The van der Waals surface area contributed by atoms with Crippen molar-refractivity contribution in [3.63, 3.8) is 0 Å². The lowest BCUT2D eigenvalue weighted by molar-refractivity contribution is 0.458. The lowest BCUT2D eigenvalue weighted by atomic mass is 10.1. The molecule has 0 atom stereocenters. The summed E-state index contributed by atoms with van der Waals surface area (Å²) in [4.78, 5) is 4.47. The molecule has 0 amide bonds. The Morgan fingerprint density at radius 3 is 2.63 bits per heavy atom. The van der Waals surface area contributed by atoms with Crippen LogP contribution in [0.4, 0.5) is 0 Å². The fourth-order valence-electron chi connectivity index (χ4n) is 1.74. The quantitative estimate of drug-likeness (QED) is 0.875. The first-order chi connectivity index (χ1) is 8.99. The zero-order chi connectivity index (χ0) is 14.0. The highest BCUT2D eigenvalue weighted by Gasteiger charge is 2.13. The predicted octanol–water partition coefficient (Wildman–Crippen LogP) is 3.78. The summed E-state index contributed by atoms with van der Waals surface area (Å²) in [5.41, 5.74) is 8.24. The number of hydrogen-bond acceptors (Lipinski definition) is 3. The smallest absolute Gasteiger partial charge is 0.229 e. The molecule has 1 aromatic carbocycles. The average Bonchev–Trinajstić information content (AvgIpc) is 2.32. The maximum absolute atomic E-state index is 5.91. The van der Waals surface area contributed by atoms with Gasteiger partial charge in [0.15, 0.2) is 0 Å². The van der Waals surface area contributed by atoms with E-state index in [1.165, 1.54) is 0 Å². The topological polar surface area (TPSA) is 48.1 Å². The van der Waals surface area contributed by atoms with Crippen molar-refractivity contribution in [1.82, 2.24) is 4.98 Å². The summed E-state index contributed by atoms with van der Waals surface area (Å²) in [6.07, 6.45) is 1.66. The maximum atomic E-state index is 5.91. The molecule has 5 heteroatoms. The van der Waals surface area contributed by atoms with Crippen molar-refractivity contribution in [2.24, 2.45) is 5.73 Å². The number of halogens is 1. The van der Waals surface area contributed by atoms with Gasteiger partial charge in [0.05, 0.1) is 5.56 Å². The fourth-order valence-corrected chi connectivity index (χ4v) is 2.22. The second-order valence-corrected chi connectivity index (χ2v) is 5.06. The number of hydrogen-bond donors (Lipinski definition) is 1. The SMILES string of the molecule is Cc1cc(Cl)ccc1Oc1nccc(C)c1C(N)=S. The van der Waals surface area contributed by atoms with E-state index in [2.05, 4.69) is 4.98 Å². The van der Waals surface area contributed by atoms with Gasteiger partial charge >= 0.3 is 0 Å². The first kappa shape index (κ1) is 13.8. The van der Waals surface area contributed by atoms with Crippen LogP contribution in [0.1, 0.15) is 16.7 Å². The molecule has 98 valence electrons. The third-order valence-electron chi connectivity index (χ3n) is 2.71. The number of ether oxygens (including phenoxy) is 1. The zero-order valence-corrected chi connectivity index (χ0v) is 12.2. The summed E-state index contributed by atoms with van der Waals surface area (Å²) in [5.74, 6) is 1.10. The molecule has 2 aromatic rings. The van der Waals surface area contributed by atoms with Crippen LogP contribution in [0.5, 0.6) is 11.6 Å². The summed E-state index contributed by atoms with van der Waals surface area (Å²) in [5, 5.41) is 0.664. The Kier molecular flexibility index (Phi) is 4.02. The molecule has 2 N–H and O–H groups in total. The lowest BCUT2D eigenvalue weighted by Gasteiger charge is -2.12. The average molecular weight is 293 g/mol. The van der Waals surface area contributed by atoms with E-state index in [4.69, 9.17) is 34.3 Å². The highest BCUT2D eigenvalue weighted by molar-refractivity contribution is 7.80. The summed E-state index contributed by atoms with van der Waals surface area (Å²) >= 11 is 11.0. The first-order valence-corrected chi connectivity index (χ1v) is 6.47. The van der Waals surface area contributed by atoms with Crippen molar-refractivity contribution in [2.75, 3.05) is 0 Å². The molecular formula is C14H13ClN2OS. The molecule has 0 saturated carbocycles. The van der Waals surface area contributed by atoms with Crippen LogP contribution in [-0.4, -0.2) is 9.97 Å². The Labute approximate surface area is 122 Å². The van der Waals surface area contributed by atoms with Gasteiger partial charge in [0.2, 0.25) is 5.88 Å². The Bertz CT molecular complexity index is 643. The van der Waals surface area contributed by atoms with Crippen molar-refractivity contribution in [2.45, 2.75) is 13.8 Å². The van der Waals surface area contributed by atoms with Crippen LogP contribution in [0.3, 0.4) is 0 Å². The van der Waals surface area contributed by atoms with Crippen molar-refractivity contribution in [3.05, 3.63) is 52.2 Å². The maximum Gasteiger partial charge on any atom is 0.229 e. The zero-order valence-electron chi connectivity index (χ0n) is 10.6. The molecule has 2 rings (SSSR count). The normalized spacial score (nSPS) is 10.3. The van der Waals surface area contributed by atoms with Gasteiger partial charge in [0.25, 0.3) is 0 Å². The van der Waals surface area contributed by atoms with E-state index in [9.17, 15) is 0 Å². The summed E-state index contributed by atoms with van der Waals surface area (Å²) < 4.78 is 5.80. The molecule has 0 aliphatic carbocycles. The standard InChI is InChI=1S/C14H13ClN2OS/c1-8-5-6-17-14(12(8)13(16)19)18-11-4-3-10(15)7-9(11)2/h3-7H,1-2H3,(H2,16,19). The Hall–Kier alpha value is -1.65. The van der Waals surface area contributed by atoms with Crippen molar-refractivity contribution >= 4 is 28.8 Å². The van der Waals surface area contributed by atoms with Crippen LogP contribution in [0, 0.1) is 13.8 Å². The number of rotatable bonds is 3. The summed E-state index contributed by atoms with van der Waals surface area (Å²) in [6, 6.07) is 7.23. The van der Waals surface area contributed by atoms with Crippen LogP contribution in [0.15, 0.2) is 30.5 Å². The van der Waals surface area contributed by atoms with Crippen molar-refractivity contribution < 1.29 is 4.74 Å². The molecule has 3 nitrogen and oxygen atoms in total. The van der Waals surface area contributed by atoms with Gasteiger partial charge in [-0.25, -0.2) is 4.98 Å². The molecule has 0 saturated heterocycles. The van der Waals surface area contributed by atoms with Crippen LogP contribution < -0.4 is 10.5 Å². The van der Waals surface area contributed by atoms with Gasteiger partial charge in [-0.15, -0.1) is 0 Å². The second kappa shape index (κ2) is 5.55. The predicted molar refractivity (Wildman–Crippen MR) is 81.1 cm³/mol. The van der Waals surface area contributed by atoms with E-state index >= 15 is 0 Å². The molecule has 1 aromatic heterocycles. The summed E-state index contributed by atoms with van der Waals surface area (Å²) in [7, 11) is 0. The largest absolute Gasteiger partial charge is 0.438 e. The number of pyridine rings is 1. The molecule has 0 aliphatic rings. The van der Waals surface area contributed by atoms with Crippen LogP contribution in [0.2, 0.25) is 5.02 Å². The molecule has 0 aliphatic heterocycles. The molecule has 1 heterocycles. The molecule has 0 spiro atoms. The van der Waals surface area contributed by atoms with E-state index in [0.717, 1.165) is 11.1 Å². The number of thiocarbonyl (C=S) groups is 1.